The van der Waals surface area contributed by atoms with Crippen LogP contribution in [-0.2, 0) is 9.53 Å². The van der Waals surface area contributed by atoms with Crippen molar-refractivity contribution in [2.75, 3.05) is 11.9 Å². The highest BCUT2D eigenvalue weighted by Gasteiger charge is 2.14. The van der Waals surface area contributed by atoms with Crippen LogP contribution in [0.15, 0.2) is 41.0 Å². The summed E-state index contributed by atoms with van der Waals surface area (Å²) < 4.78 is 18.0. The number of pyridine rings is 1. The zero-order valence-electron chi connectivity index (χ0n) is 11.0. The van der Waals surface area contributed by atoms with Crippen molar-refractivity contribution >= 4 is 45.1 Å². The lowest BCUT2D eigenvalue weighted by atomic mass is 10.2. The van der Waals surface area contributed by atoms with Crippen molar-refractivity contribution in [1.82, 2.24) is 4.98 Å². The van der Waals surface area contributed by atoms with E-state index < -0.39 is 24.3 Å². The third kappa shape index (κ3) is 4.25. The molecule has 5 nitrogen and oxygen atoms in total. The summed E-state index contributed by atoms with van der Waals surface area (Å²) in [5, 5.41) is 2.59. The zero-order valence-corrected chi connectivity index (χ0v) is 13.3. The van der Waals surface area contributed by atoms with Gasteiger partial charge >= 0.3 is 5.97 Å². The van der Waals surface area contributed by atoms with E-state index in [2.05, 4.69) is 26.2 Å². The molecule has 0 fully saturated rings. The molecule has 0 saturated carbocycles. The molecule has 0 spiro atoms. The second-order valence-electron chi connectivity index (χ2n) is 4.09. The highest BCUT2D eigenvalue weighted by atomic mass is 79.9. The minimum Gasteiger partial charge on any atom is -0.452 e. The Kier molecular flexibility index (Phi) is 5.46. The smallest absolute Gasteiger partial charge is 0.339 e. The van der Waals surface area contributed by atoms with E-state index in [0.29, 0.717) is 5.69 Å². The minimum absolute atomic E-state index is 0.119. The molecule has 0 aliphatic heterocycles. The van der Waals surface area contributed by atoms with Gasteiger partial charge in [0.2, 0.25) is 0 Å². The molecule has 0 saturated heterocycles. The third-order valence-corrected chi connectivity index (χ3v) is 3.48. The van der Waals surface area contributed by atoms with Crippen LogP contribution in [0.25, 0.3) is 0 Å². The number of rotatable bonds is 4. The van der Waals surface area contributed by atoms with Gasteiger partial charge < -0.3 is 10.1 Å². The molecule has 1 N–H and O–H groups in total. The van der Waals surface area contributed by atoms with Gasteiger partial charge in [0.25, 0.3) is 5.91 Å². The van der Waals surface area contributed by atoms with E-state index in [1.165, 1.54) is 12.3 Å². The molecule has 0 aliphatic rings. The number of amides is 1. The Morgan fingerprint density at radius 3 is 2.82 bits per heavy atom. The lowest BCUT2D eigenvalue weighted by molar-refractivity contribution is -0.119. The average molecular weight is 388 g/mol. The summed E-state index contributed by atoms with van der Waals surface area (Å²) in [6.07, 6.45) is 1.48. The van der Waals surface area contributed by atoms with Crippen LogP contribution in [0.5, 0.6) is 0 Å². The topological polar surface area (TPSA) is 68.3 Å². The standard InChI is InChI=1S/C14H9BrClFN2O3/c15-10-6-8(17)3-4-9(10)14(21)22-7-12(20)19-11-2-1-5-18-13(11)16/h1-6H,7H2,(H,19,20). The second-order valence-corrected chi connectivity index (χ2v) is 5.30. The van der Waals surface area contributed by atoms with Crippen LogP contribution in [0, 0.1) is 5.82 Å². The summed E-state index contributed by atoms with van der Waals surface area (Å²) in [4.78, 5) is 27.3. The van der Waals surface area contributed by atoms with E-state index in [0.717, 1.165) is 12.1 Å². The first-order chi connectivity index (χ1) is 10.5. The van der Waals surface area contributed by atoms with Gasteiger partial charge in [-0.1, -0.05) is 11.6 Å². The molecule has 1 amide bonds. The van der Waals surface area contributed by atoms with Crippen LogP contribution < -0.4 is 5.32 Å². The molecule has 8 heteroatoms. The van der Waals surface area contributed by atoms with Crippen molar-refractivity contribution in [1.29, 1.82) is 0 Å². The van der Waals surface area contributed by atoms with Gasteiger partial charge in [0.15, 0.2) is 11.8 Å². The predicted octanol–water partition coefficient (Wildman–Crippen LogP) is 3.43. The van der Waals surface area contributed by atoms with E-state index >= 15 is 0 Å². The number of nitrogens with zero attached hydrogens (tertiary/aromatic N) is 1. The number of esters is 1. The summed E-state index contributed by atoms with van der Waals surface area (Å²) >= 11 is 8.84. The third-order valence-electron chi connectivity index (χ3n) is 2.52. The van der Waals surface area contributed by atoms with Gasteiger partial charge in [0, 0.05) is 10.7 Å². The number of carbonyl (C=O) groups is 2. The number of halogens is 3. The number of nitrogens with one attached hydrogen (secondary N) is 1. The Bertz CT molecular complexity index is 727. The van der Waals surface area contributed by atoms with Gasteiger partial charge in [0.05, 0.1) is 11.3 Å². The van der Waals surface area contributed by atoms with Gasteiger partial charge in [-0.15, -0.1) is 0 Å². The van der Waals surface area contributed by atoms with Gasteiger partial charge in [-0.2, -0.15) is 0 Å². The molecule has 114 valence electrons. The second kappa shape index (κ2) is 7.33. The fraction of sp³-hybridized carbons (Fsp3) is 0.0714. The van der Waals surface area contributed by atoms with Crippen molar-refractivity contribution in [2.24, 2.45) is 0 Å². The van der Waals surface area contributed by atoms with E-state index in [9.17, 15) is 14.0 Å². The van der Waals surface area contributed by atoms with Crippen LogP contribution in [0.4, 0.5) is 10.1 Å². The Labute approximate surface area is 138 Å². The largest absolute Gasteiger partial charge is 0.452 e. The molecule has 22 heavy (non-hydrogen) atoms. The number of hydrogen-bond donors (Lipinski definition) is 1. The van der Waals surface area contributed by atoms with Crippen molar-refractivity contribution in [3.63, 3.8) is 0 Å². The number of hydrogen-bond acceptors (Lipinski definition) is 4. The van der Waals surface area contributed by atoms with Gasteiger partial charge in [-0.25, -0.2) is 14.2 Å². The Morgan fingerprint density at radius 1 is 1.36 bits per heavy atom. The van der Waals surface area contributed by atoms with E-state index in [-0.39, 0.29) is 15.2 Å². The average Bonchev–Trinajstić information content (AvgIpc) is 2.47. The van der Waals surface area contributed by atoms with Crippen LogP contribution in [0.3, 0.4) is 0 Å². The quantitative estimate of drug-likeness (QED) is 0.645. The van der Waals surface area contributed by atoms with Gasteiger partial charge in [-0.3, -0.25) is 4.79 Å². The molecule has 2 aromatic rings. The van der Waals surface area contributed by atoms with E-state index in [1.807, 2.05) is 0 Å². The molecule has 0 unspecified atom stereocenters. The first-order valence-corrected chi connectivity index (χ1v) is 7.17. The monoisotopic (exact) mass is 386 g/mol. The summed E-state index contributed by atoms with van der Waals surface area (Å²) in [5.41, 5.74) is 0.432. The number of anilines is 1. The molecule has 1 heterocycles. The summed E-state index contributed by atoms with van der Waals surface area (Å²) in [7, 11) is 0. The first-order valence-electron chi connectivity index (χ1n) is 6.00. The van der Waals surface area contributed by atoms with Crippen LogP contribution in [0.1, 0.15) is 10.4 Å². The Hall–Kier alpha value is -1.99. The normalized spacial score (nSPS) is 10.1. The Balaban J connectivity index is 1.93. The lowest BCUT2D eigenvalue weighted by Gasteiger charge is -2.08. The Morgan fingerprint density at radius 2 is 2.14 bits per heavy atom. The van der Waals surface area contributed by atoms with Crippen molar-refractivity contribution < 1.29 is 18.7 Å². The van der Waals surface area contributed by atoms with Gasteiger partial charge in [0.1, 0.15) is 5.82 Å². The molecule has 1 aromatic carbocycles. The SMILES string of the molecule is O=C(COC(=O)c1ccc(F)cc1Br)Nc1cccnc1Cl. The maximum absolute atomic E-state index is 12.9. The molecule has 0 radical (unpaired) electrons. The number of carbonyl (C=O) groups excluding carboxylic acids is 2. The number of benzene rings is 1. The summed E-state index contributed by atoms with van der Waals surface area (Å²) in [5.74, 6) is -1.81. The van der Waals surface area contributed by atoms with Crippen molar-refractivity contribution in [2.45, 2.75) is 0 Å². The maximum Gasteiger partial charge on any atom is 0.339 e. The first kappa shape index (κ1) is 16.4. The molecule has 1 aromatic heterocycles. The fourth-order valence-electron chi connectivity index (χ4n) is 1.53. The molecule has 0 bridgehead atoms. The number of ether oxygens (including phenoxy) is 1. The lowest BCUT2D eigenvalue weighted by Crippen LogP contribution is -2.21. The molecule has 2 rings (SSSR count). The van der Waals surface area contributed by atoms with E-state index in [1.54, 1.807) is 12.1 Å². The molecule has 0 aliphatic carbocycles. The highest BCUT2D eigenvalue weighted by Crippen LogP contribution is 2.19. The van der Waals surface area contributed by atoms with Gasteiger partial charge in [-0.05, 0) is 46.3 Å². The summed E-state index contributed by atoms with van der Waals surface area (Å²) in [6, 6.07) is 6.68. The summed E-state index contributed by atoms with van der Waals surface area (Å²) in [6.45, 7) is -0.506. The van der Waals surface area contributed by atoms with Crippen molar-refractivity contribution in [3.8, 4) is 0 Å². The fourth-order valence-corrected chi connectivity index (χ4v) is 2.21. The number of aromatic nitrogens is 1. The van der Waals surface area contributed by atoms with Crippen molar-refractivity contribution in [3.05, 3.63) is 57.5 Å². The molecular formula is C14H9BrClFN2O3. The van der Waals surface area contributed by atoms with E-state index in [4.69, 9.17) is 16.3 Å². The maximum atomic E-state index is 12.9. The minimum atomic E-state index is -0.751. The molecular weight excluding hydrogens is 379 g/mol. The van der Waals surface area contributed by atoms with Crippen LogP contribution >= 0.6 is 27.5 Å². The van der Waals surface area contributed by atoms with Crippen LogP contribution in [-0.4, -0.2) is 23.5 Å². The zero-order chi connectivity index (χ0) is 16.1. The van der Waals surface area contributed by atoms with Crippen LogP contribution in [0.2, 0.25) is 5.15 Å². The molecule has 0 atom stereocenters. The predicted molar refractivity (Wildman–Crippen MR) is 82.3 cm³/mol. The highest BCUT2D eigenvalue weighted by molar-refractivity contribution is 9.10.